The molecule has 2 heterocycles. The number of aliphatic hydroxyl groups excluding tert-OH is 2. The molecule has 1 saturated heterocycles. The van der Waals surface area contributed by atoms with Crippen molar-refractivity contribution in [1.29, 1.82) is 0 Å². The number of H-pyrrole nitrogens is 1. The van der Waals surface area contributed by atoms with E-state index in [1.54, 1.807) is 6.92 Å². The first-order chi connectivity index (χ1) is 8.02. The summed E-state index contributed by atoms with van der Waals surface area (Å²) < 4.78 is 6.54. The van der Waals surface area contributed by atoms with Gasteiger partial charge in [-0.25, -0.2) is 4.79 Å². The van der Waals surface area contributed by atoms with Crippen LogP contribution in [0.15, 0.2) is 15.8 Å². The van der Waals surface area contributed by atoms with E-state index in [1.165, 1.54) is 10.8 Å². The van der Waals surface area contributed by atoms with E-state index >= 15 is 0 Å². The fourth-order valence-corrected chi connectivity index (χ4v) is 1.85. The lowest BCUT2D eigenvalue weighted by Crippen LogP contribution is -2.33. The summed E-state index contributed by atoms with van der Waals surface area (Å²) in [7, 11) is 0. The first-order valence-corrected chi connectivity index (χ1v) is 5.29. The van der Waals surface area contributed by atoms with Crippen LogP contribution in [0.4, 0.5) is 0 Å². The average molecular weight is 243 g/mol. The molecule has 1 aliphatic heterocycles. The number of nitrogens with one attached hydrogen (secondary N) is 1. The van der Waals surface area contributed by atoms with Gasteiger partial charge in [-0.15, -0.1) is 0 Å². The Morgan fingerprint density at radius 2 is 2.29 bits per heavy atom. The van der Waals surface area contributed by atoms with Crippen molar-refractivity contribution in [3.05, 3.63) is 32.6 Å². The van der Waals surface area contributed by atoms with Gasteiger partial charge < -0.3 is 14.9 Å². The normalized spacial score (nSPS) is 28.5. The van der Waals surface area contributed by atoms with Gasteiger partial charge in [0.2, 0.25) is 0 Å². The van der Waals surface area contributed by atoms with Crippen LogP contribution in [0.3, 0.4) is 0 Å². The minimum Gasteiger partial charge on any atom is -0.394 e. The van der Waals surface area contributed by atoms with Gasteiger partial charge in [0.1, 0.15) is 12.3 Å². The van der Waals surface area contributed by atoms with Crippen molar-refractivity contribution >= 4 is 0 Å². The molecule has 1 aliphatic rings. The first-order valence-electron chi connectivity index (χ1n) is 5.29. The zero-order valence-corrected chi connectivity index (χ0v) is 9.29. The van der Waals surface area contributed by atoms with Crippen LogP contribution in [0.25, 0.3) is 0 Å². The lowest BCUT2D eigenvalue weighted by atomic mass is 10.2. The van der Waals surface area contributed by atoms with E-state index < -0.39 is 29.7 Å². The van der Waals surface area contributed by atoms with E-state index in [9.17, 15) is 14.7 Å². The maximum absolute atomic E-state index is 11.6. The van der Waals surface area contributed by atoms with Gasteiger partial charge in [-0.3, -0.25) is 14.3 Å². The molecular weight excluding hydrogens is 229 g/mol. The van der Waals surface area contributed by atoms with Crippen molar-refractivity contribution < 1.29 is 14.9 Å². The Morgan fingerprint density at radius 3 is 2.88 bits per heavy atom. The van der Waals surface area contributed by atoms with Crippen LogP contribution in [0.1, 0.15) is 18.2 Å². The molecule has 3 atom stereocenters. The standard InChI is InChI=1S/C10H14N2O5/c1-5-3-12(10(16)11-9(5)15)8-2-6(14)7(4-13)17-8/h3,6-8,13-14H,2,4H2,1H3,(H,11,15,16)/t6-,7+,8+/m0/s1/i8+1. The average Bonchev–Trinajstić information content (AvgIpc) is 2.65. The summed E-state index contributed by atoms with van der Waals surface area (Å²) >= 11 is 0. The molecule has 7 heteroatoms. The Labute approximate surface area is 96.3 Å². The number of hydrogen-bond donors (Lipinski definition) is 3. The molecular formula is C10H14N2O5. The topological polar surface area (TPSA) is 105 Å². The van der Waals surface area contributed by atoms with Crippen molar-refractivity contribution in [2.24, 2.45) is 0 Å². The summed E-state index contributed by atoms with van der Waals surface area (Å²) in [6, 6.07) is 0. The third-order valence-electron chi connectivity index (χ3n) is 2.84. The number of rotatable bonds is 2. The highest BCUT2D eigenvalue weighted by Crippen LogP contribution is 2.27. The van der Waals surface area contributed by atoms with Crippen molar-refractivity contribution in [1.82, 2.24) is 9.55 Å². The number of hydrogen-bond acceptors (Lipinski definition) is 5. The molecule has 94 valence electrons. The fourth-order valence-electron chi connectivity index (χ4n) is 1.85. The molecule has 0 radical (unpaired) electrons. The quantitative estimate of drug-likeness (QED) is 0.547. The van der Waals surface area contributed by atoms with Gasteiger partial charge in [-0.2, -0.15) is 0 Å². The van der Waals surface area contributed by atoms with Crippen molar-refractivity contribution in [2.75, 3.05) is 6.61 Å². The molecule has 0 saturated carbocycles. The first kappa shape index (κ1) is 12.0. The van der Waals surface area contributed by atoms with Gasteiger partial charge in [-0.1, -0.05) is 0 Å². The number of aryl methyl sites for hydroxylation is 1. The monoisotopic (exact) mass is 243 g/mol. The van der Waals surface area contributed by atoms with E-state index in [0.717, 1.165) is 0 Å². The molecule has 0 unspecified atom stereocenters. The van der Waals surface area contributed by atoms with Gasteiger partial charge in [-0.05, 0) is 6.92 Å². The predicted octanol–water partition coefficient (Wildman–Crippen LogP) is -1.51. The Hall–Kier alpha value is -1.44. The number of nitrogens with zero attached hydrogens (tertiary/aromatic N) is 1. The zero-order chi connectivity index (χ0) is 12.6. The van der Waals surface area contributed by atoms with Gasteiger partial charge in [0.05, 0.1) is 12.7 Å². The molecule has 3 N–H and O–H groups in total. The maximum atomic E-state index is 11.6. The van der Waals surface area contributed by atoms with Gasteiger partial charge in [0.25, 0.3) is 5.56 Å². The maximum Gasteiger partial charge on any atom is 0.330 e. The highest BCUT2D eigenvalue weighted by molar-refractivity contribution is 5.02. The van der Waals surface area contributed by atoms with E-state index in [-0.39, 0.29) is 13.0 Å². The molecule has 1 aromatic rings. The molecule has 1 aromatic heterocycles. The molecule has 0 amide bonds. The van der Waals surface area contributed by atoms with Crippen LogP contribution in [-0.2, 0) is 4.74 Å². The number of ether oxygens (including phenoxy) is 1. The summed E-state index contributed by atoms with van der Waals surface area (Å²) in [5, 5.41) is 18.5. The van der Waals surface area contributed by atoms with Crippen molar-refractivity contribution in [2.45, 2.75) is 31.8 Å². The Balaban J connectivity index is 2.34. The minimum atomic E-state index is -0.816. The second-order valence-corrected chi connectivity index (χ2v) is 4.09. The minimum absolute atomic E-state index is 0.205. The van der Waals surface area contributed by atoms with E-state index in [0.29, 0.717) is 5.56 Å². The molecule has 7 nitrogen and oxygen atoms in total. The number of aliphatic hydroxyl groups is 2. The van der Waals surface area contributed by atoms with Crippen LogP contribution < -0.4 is 11.2 Å². The fraction of sp³-hybridized carbons (Fsp3) is 0.600. The van der Waals surface area contributed by atoms with Crippen LogP contribution in [0.5, 0.6) is 0 Å². The van der Waals surface area contributed by atoms with E-state index in [2.05, 4.69) is 4.98 Å². The number of aromatic amines is 1. The number of aromatic nitrogens is 2. The van der Waals surface area contributed by atoms with Crippen molar-refractivity contribution in [3.63, 3.8) is 0 Å². The smallest absolute Gasteiger partial charge is 0.330 e. The molecule has 1 fully saturated rings. The second kappa shape index (κ2) is 4.44. The Morgan fingerprint density at radius 1 is 1.59 bits per heavy atom. The highest BCUT2D eigenvalue weighted by Gasteiger charge is 2.34. The van der Waals surface area contributed by atoms with E-state index in [4.69, 9.17) is 9.84 Å². The molecule has 0 bridgehead atoms. The van der Waals surface area contributed by atoms with Crippen molar-refractivity contribution in [3.8, 4) is 0 Å². The summed E-state index contributed by atoms with van der Waals surface area (Å²) in [5.74, 6) is 0. The summed E-state index contributed by atoms with van der Waals surface area (Å²) in [6.45, 7) is 1.26. The molecule has 0 aromatic carbocycles. The summed E-state index contributed by atoms with van der Waals surface area (Å²) in [6.07, 6.45) is -0.581. The highest BCUT2D eigenvalue weighted by atomic mass is 16.6. The molecule has 0 spiro atoms. The van der Waals surface area contributed by atoms with Crippen LogP contribution in [-0.4, -0.2) is 38.6 Å². The van der Waals surface area contributed by atoms with Gasteiger partial charge >= 0.3 is 5.69 Å². The lowest BCUT2D eigenvalue weighted by molar-refractivity contribution is -0.0459. The third kappa shape index (κ3) is 2.17. The zero-order valence-electron chi connectivity index (χ0n) is 9.29. The largest absolute Gasteiger partial charge is 0.394 e. The third-order valence-corrected chi connectivity index (χ3v) is 2.84. The summed E-state index contributed by atoms with van der Waals surface area (Å²) in [5.41, 5.74) is -0.643. The Bertz CT molecular complexity index is 520. The van der Waals surface area contributed by atoms with Crippen LogP contribution >= 0.6 is 0 Å². The van der Waals surface area contributed by atoms with Gasteiger partial charge in [0.15, 0.2) is 0 Å². The Kier molecular flexibility index (Phi) is 3.14. The second-order valence-electron chi connectivity index (χ2n) is 4.09. The lowest BCUT2D eigenvalue weighted by Gasteiger charge is -2.14. The van der Waals surface area contributed by atoms with Crippen LogP contribution in [0.2, 0.25) is 0 Å². The van der Waals surface area contributed by atoms with E-state index in [1.807, 2.05) is 0 Å². The predicted molar refractivity (Wildman–Crippen MR) is 57.7 cm³/mol. The summed E-state index contributed by atoms with van der Waals surface area (Å²) in [4.78, 5) is 24.9. The van der Waals surface area contributed by atoms with Crippen LogP contribution in [0, 0.1) is 6.92 Å². The van der Waals surface area contributed by atoms with Gasteiger partial charge in [0, 0.05) is 18.2 Å². The molecule has 0 aliphatic carbocycles. The SMILES string of the molecule is Cc1cn([13C@H]2C[C@H](O)[C@@H](CO)O2)c(=O)[nH]c1=O. The molecule has 2 rings (SSSR count). The molecule has 17 heavy (non-hydrogen) atoms.